The van der Waals surface area contributed by atoms with E-state index < -0.39 is 26.9 Å². The van der Waals surface area contributed by atoms with Gasteiger partial charge in [-0.3, -0.25) is 9.59 Å². The van der Waals surface area contributed by atoms with E-state index in [-0.39, 0.29) is 16.8 Å². The Morgan fingerprint density at radius 2 is 1.89 bits per heavy atom. The lowest BCUT2D eigenvalue weighted by atomic mass is 10.1. The molecule has 1 atom stereocenters. The number of hydrogen-bond acceptors (Lipinski definition) is 6. The molecule has 1 saturated carbocycles. The minimum absolute atomic E-state index is 0.0514. The number of methoxy groups -OCH3 is 1. The Hall–Kier alpha value is -2.39. The van der Waals surface area contributed by atoms with Crippen molar-refractivity contribution in [1.82, 2.24) is 10.6 Å². The maximum absolute atomic E-state index is 13.0. The highest BCUT2D eigenvalue weighted by Crippen LogP contribution is 2.32. The third-order valence-corrected chi connectivity index (χ3v) is 7.74. The molecule has 2 amide bonds. The lowest BCUT2D eigenvalue weighted by Gasteiger charge is -2.18. The van der Waals surface area contributed by atoms with E-state index in [2.05, 4.69) is 10.6 Å². The topological polar surface area (TPSA) is 102 Å². The Labute approximate surface area is 161 Å². The van der Waals surface area contributed by atoms with Gasteiger partial charge in [0.05, 0.1) is 7.11 Å². The summed E-state index contributed by atoms with van der Waals surface area (Å²) >= 11 is 1.11. The molecule has 2 aromatic rings. The Balaban J connectivity index is 1.80. The van der Waals surface area contributed by atoms with Gasteiger partial charge in [-0.2, -0.15) is 0 Å². The number of nitrogens with one attached hydrogen (secondary N) is 2. The van der Waals surface area contributed by atoms with Crippen molar-refractivity contribution in [3.63, 3.8) is 0 Å². The molecule has 2 N–H and O–H groups in total. The van der Waals surface area contributed by atoms with E-state index in [1.54, 1.807) is 35.7 Å². The van der Waals surface area contributed by atoms with Gasteiger partial charge in [0.15, 0.2) is 9.84 Å². The van der Waals surface area contributed by atoms with Crippen LogP contribution in [0.3, 0.4) is 0 Å². The Morgan fingerprint density at radius 3 is 2.44 bits per heavy atom. The van der Waals surface area contributed by atoms with Crippen LogP contribution in [0.5, 0.6) is 5.75 Å². The maximum atomic E-state index is 13.0. The highest BCUT2D eigenvalue weighted by molar-refractivity contribution is 7.93. The molecule has 1 aliphatic rings. The van der Waals surface area contributed by atoms with Crippen LogP contribution in [0, 0.1) is 0 Å². The molecule has 1 heterocycles. The molecule has 1 aromatic heterocycles. The van der Waals surface area contributed by atoms with Crippen molar-refractivity contribution in [3.8, 4) is 5.75 Å². The second kappa shape index (κ2) is 8.10. The summed E-state index contributed by atoms with van der Waals surface area (Å²) in [5.74, 6) is -0.972. The van der Waals surface area contributed by atoms with Crippen LogP contribution in [-0.4, -0.2) is 39.9 Å². The zero-order valence-corrected chi connectivity index (χ0v) is 16.3. The summed E-state index contributed by atoms with van der Waals surface area (Å²) in [5.41, 5.74) is 0.507. The fraction of sp³-hybridized carbons (Fsp3) is 0.333. The van der Waals surface area contributed by atoms with Gasteiger partial charge in [-0.15, -0.1) is 11.3 Å². The number of hydrogen-bond donors (Lipinski definition) is 2. The van der Waals surface area contributed by atoms with E-state index in [1.807, 2.05) is 0 Å². The Morgan fingerprint density at radius 1 is 1.19 bits per heavy atom. The largest absolute Gasteiger partial charge is 0.497 e. The smallest absolute Gasteiger partial charge is 0.309 e. The number of amides is 2. The van der Waals surface area contributed by atoms with Crippen molar-refractivity contribution in [2.75, 3.05) is 13.7 Å². The molecule has 0 radical (unpaired) electrons. The van der Waals surface area contributed by atoms with Crippen LogP contribution >= 0.6 is 11.3 Å². The van der Waals surface area contributed by atoms with Crippen molar-refractivity contribution in [3.05, 3.63) is 47.3 Å². The highest BCUT2D eigenvalue weighted by atomic mass is 32.2. The van der Waals surface area contributed by atoms with Crippen LogP contribution in [0.1, 0.15) is 23.7 Å². The molecule has 9 heteroatoms. The molecule has 0 saturated heterocycles. The van der Waals surface area contributed by atoms with Crippen molar-refractivity contribution in [2.45, 2.75) is 28.3 Å². The molecule has 0 spiro atoms. The van der Waals surface area contributed by atoms with Crippen LogP contribution in [-0.2, 0) is 19.4 Å². The number of thiophene rings is 1. The first-order chi connectivity index (χ1) is 12.9. The molecule has 1 fully saturated rings. The quantitative estimate of drug-likeness (QED) is 0.679. The lowest BCUT2D eigenvalue weighted by molar-refractivity contribution is -0.139. The van der Waals surface area contributed by atoms with Gasteiger partial charge < -0.3 is 15.4 Å². The van der Waals surface area contributed by atoms with Gasteiger partial charge in [0.1, 0.15) is 15.2 Å². The van der Waals surface area contributed by atoms with Crippen LogP contribution in [0.15, 0.2) is 46.0 Å². The monoisotopic (exact) mass is 408 g/mol. The van der Waals surface area contributed by atoms with E-state index in [4.69, 9.17) is 4.74 Å². The predicted octanol–water partition coefficient (Wildman–Crippen LogP) is 1.67. The summed E-state index contributed by atoms with van der Waals surface area (Å²) in [7, 11) is -2.21. The molecule has 1 aromatic carbocycles. The van der Waals surface area contributed by atoms with Gasteiger partial charge in [0.2, 0.25) is 0 Å². The van der Waals surface area contributed by atoms with Gasteiger partial charge in [0.25, 0.3) is 0 Å². The summed E-state index contributed by atoms with van der Waals surface area (Å²) in [4.78, 5) is 23.8. The zero-order valence-electron chi connectivity index (χ0n) is 14.7. The molecule has 7 nitrogen and oxygen atoms in total. The Kier molecular flexibility index (Phi) is 5.81. The Bertz CT molecular complexity index is 904. The van der Waals surface area contributed by atoms with Gasteiger partial charge in [-0.05, 0) is 42.0 Å². The lowest BCUT2D eigenvalue weighted by Crippen LogP contribution is -2.43. The summed E-state index contributed by atoms with van der Waals surface area (Å²) in [5, 5.41) is 5.70. The molecule has 0 bridgehead atoms. The van der Waals surface area contributed by atoms with Crippen molar-refractivity contribution < 1.29 is 22.7 Å². The first kappa shape index (κ1) is 19.4. The number of benzene rings is 1. The minimum Gasteiger partial charge on any atom is -0.497 e. The fourth-order valence-electron chi connectivity index (χ4n) is 2.54. The predicted molar refractivity (Wildman–Crippen MR) is 101 cm³/mol. The van der Waals surface area contributed by atoms with Crippen LogP contribution in [0.4, 0.5) is 0 Å². The van der Waals surface area contributed by atoms with E-state index in [9.17, 15) is 18.0 Å². The van der Waals surface area contributed by atoms with E-state index >= 15 is 0 Å². The summed E-state index contributed by atoms with van der Waals surface area (Å²) < 4.78 is 31.4. The standard InChI is InChI=1S/C18H20N2O5S2/c1-25-14-8-4-12(5-9-14)15(27(23,24)16-3-2-10-26-16)11-19-17(21)18(22)20-13-6-7-13/h2-5,8-10,13,15H,6-7,11H2,1H3,(H,19,21)(H,20,22)/t15-/m1/s1. The van der Waals surface area contributed by atoms with Gasteiger partial charge in [-0.25, -0.2) is 8.42 Å². The summed E-state index contributed by atoms with van der Waals surface area (Å²) in [6.07, 6.45) is 1.72. The van der Waals surface area contributed by atoms with Crippen molar-refractivity contribution in [1.29, 1.82) is 0 Å². The average molecular weight is 409 g/mol. The number of carbonyl (C=O) groups excluding carboxylic acids is 2. The zero-order chi connectivity index (χ0) is 19.4. The molecular formula is C18H20N2O5S2. The van der Waals surface area contributed by atoms with Crippen LogP contribution in [0.2, 0.25) is 0 Å². The molecule has 0 aliphatic heterocycles. The first-order valence-electron chi connectivity index (χ1n) is 8.42. The maximum Gasteiger partial charge on any atom is 0.309 e. The minimum atomic E-state index is -3.73. The molecular weight excluding hydrogens is 388 g/mol. The van der Waals surface area contributed by atoms with Gasteiger partial charge in [0, 0.05) is 12.6 Å². The van der Waals surface area contributed by atoms with Crippen LogP contribution < -0.4 is 15.4 Å². The SMILES string of the molecule is COc1ccc([C@@H](CNC(=O)C(=O)NC2CC2)S(=O)(=O)c2cccs2)cc1. The van der Waals surface area contributed by atoms with Crippen molar-refractivity contribution in [2.24, 2.45) is 0 Å². The number of ether oxygens (including phenoxy) is 1. The fourth-order valence-corrected chi connectivity index (χ4v) is 5.40. The van der Waals surface area contributed by atoms with E-state index in [1.165, 1.54) is 13.2 Å². The normalized spacial score (nSPS) is 15.0. The molecule has 144 valence electrons. The first-order valence-corrected chi connectivity index (χ1v) is 10.8. The van der Waals surface area contributed by atoms with Crippen LogP contribution in [0.25, 0.3) is 0 Å². The van der Waals surface area contributed by atoms with Crippen molar-refractivity contribution >= 4 is 33.0 Å². The third-order valence-electron chi connectivity index (χ3n) is 4.20. The third kappa shape index (κ3) is 4.67. The summed E-state index contributed by atoms with van der Waals surface area (Å²) in [6.45, 7) is -0.205. The number of sulfone groups is 1. The molecule has 27 heavy (non-hydrogen) atoms. The molecule has 1 aliphatic carbocycles. The average Bonchev–Trinajstić information content (AvgIpc) is 3.29. The molecule has 0 unspecified atom stereocenters. The number of carbonyl (C=O) groups is 2. The second-order valence-corrected chi connectivity index (χ2v) is 9.50. The number of rotatable bonds is 7. The second-order valence-electron chi connectivity index (χ2n) is 6.20. The molecule has 3 rings (SSSR count). The highest BCUT2D eigenvalue weighted by Gasteiger charge is 2.32. The van der Waals surface area contributed by atoms with Gasteiger partial charge in [-0.1, -0.05) is 18.2 Å². The van der Waals surface area contributed by atoms with Gasteiger partial charge >= 0.3 is 11.8 Å². The van der Waals surface area contributed by atoms with E-state index in [0.717, 1.165) is 24.2 Å². The summed E-state index contributed by atoms with van der Waals surface area (Å²) in [6, 6.07) is 9.84. The van der Waals surface area contributed by atoms with E-state index in [0.29, 0.717) is 11.3 Å².